The summed E-state index contributed by atoms with van der Waals surface area (Å²) in [6, 6.07) is 8.93. The number of carbonyl (C=O) groups is 4. The molecule has 0 bridgehead atoms. The number of benzene rings is 2. The molecule has 0 aromatic heterocycles. The molecule has 1 aliphatic heterocycles. The van der Waals surface area contributed by atoms with E-state index in [4.69, 9.17) is 56.8 Å². The largest absolute Gasteiger partial charge is 0.490 e. The minimum Gasteiger partial charge on any atom is -0.490 e. The molecule has 0 saturated carbocycles. The van der Waals surface area contributed by atoms with Crippen LogP contribution < -0.4 is 23.7 Å². The minimum atomic E-state index is -0.528. The molecule has 0 amide bonds. The highest BCUT2D eigenvalue weighted by atomic mass is 16.6. The van der Waals surface area contributed by atoms with E-state index in [1.165, 1.54) is 0 Å². The number of esters is 4. The molecule has 1 heterocycles. The number of carbonyl (C=O) groups excluding carboxylic acids is 4. The van der Waals surface area contributed by atoms with Gasteiger partial charge in [0.15, 0.2) is 23.0 Å². The molecule has 0 fully saturated rings. The number of rotatable bonds is 45. The highest BCUT2D eigenvalue weighted by Crippen LogP contribution is 2.40. The van der Waals surface area contributed by atoms with Gasteiger partial charge >= 0.3 is 23.9 Å². The predicted molar refractivity (Wildman–Crippen MR) is 324 cm³/mol. The van der Waals surface area contributed by atoms with Gasteiger partial charge in [0, 0.05) is 16.7 Å². The monoisotopic (exact) mass is 1160 g/mol. The first-order valence-corrected chi connectivity index (χ1v) is 31.3. The number of hydrogen-bond acceptors (Lipinski definition) is 16. The minimum absolute atomic E-state index is 0.0141. The highest BCUT2D eigenvalue weighted by molar-refractivity contribution is 5.91. The second-order valence-corrected chi connectivity index (χ2v) is 21.5. The Morgan fingerprint density at radius 2 is 0.687 bits per heavy atom. The molecule has 0 unspecified atom stereocenters. The zero-order chi connectivity index (χ0) is 59.8. The van der Waals surface area contributed by atoms with Crippen LogP contribution in [0.3, 0.4) is 0 Å². The van der Waals surface area contributed by atoms with Crippen molar-refractivity contribution >= 4 is 23.9 Å². The van der Waals surface area contributed by atoms with E-state index in [9.17, 15) is 19.2 Å². The second-order valence-electron chi connectivity index (χ2n) is 21.5. The molecule has 83 heavy (non-hydrogen) atoms. The van der Waals surface area contributed by atoms with E-state index < -0.39 is 5.97 Å². The zero-order valence-electron chi connectivity index (χ0n) is 51.2. The van der Waals surface area contributed by atoms with Crippen LogP contribution in [-0.2, 0) is 54.1 Å². The van der Waals surface area contributed by atoms with Crippen molar-refractivity contribution < 1.29 is 76.0 Å². The van der Waals surface area contributed by atoms with Gasteiger partial charge in [-0.3, -0.25) is 0 Å². The lowest BCUT2D eigenvalue weighted by Crippen LogP contribution is -2.13. The Morgan fingerprint density at radius 1 is 0.373 bits per heavy atom. The molecule has 0 saturated heterocycles. The molecular formula is C67H104O16. The number of ether oxygens (including phenoxy) is 12. The molecule has 16 heteroatoms. The molecule has 0 aliphatic carbocycles. The fraction of sp³-hybridized carbons (Fsp3) is 0.672. The molecule has 468 valence electrons. The molecule has 16 nitrogen and oxygen atoms in total. The van der Waals surface area contributed by atoms with Crippen molar-refractivity contribution in [1.29, 1.82) is 0 Å². The summed E-state index contributed by atoms with van der Waals surface area (Å²) in [5, 5.41) is 0. The van der Waals surface area contributed by atoms with Crippen LogP contribution in [0.15, 0.2) is 66.8 Å². The topological polar surface area (TPSA) is 179 Å². The predicted octanol–water partition coefficient (Wildman–Crippen LogP) is 14.9. The number of hydrogen-bond donors (Lipinski definition) is 0. The van der Waals surface area contributed by atoms with Crippen LogP contribution in [0.25, 0.3) is 0 Å². The third-order valence-corrected chi connectivity index (χ3v) is 13.7. The SMILES string of the molecule is C=C(C)C(=O)OCCCCCCCCCCCOc1cc(C(=O)OCc2ccc3c(c2)OCCOCCOCCOCCO3)cc(OCCCCCCCCCCCOC(=O)C(=C)C)c1OCCCCCCCCCCCOC(=O)C(=C)C. The van der Waals surface area contributed by atoms with E-state index in [2.05, 4.69) is 19.7 Å². The van der Waals surface area contributed by atoms with Crippen molar-refractivity contribution in [2.24, 2.45) is 0 Å². The lowest BCUT2D eigenvalue weighted by molar-refractivity contribution is -0.139. The van der Waals surface area contributed by atoms with Crippen molar-refractivity contribution in [3.8, 4) is 28.7 Å². The molecule has 2 aromatic carbocycles. The van der Waals surface area contributed by atoms with Gasteiger partial charge in [-0.05, 0) is 89.1 Å². The summed E-state index contributed by atoms with van der Waals surface area (Å²) in [7, 11) is 0. The van der Waals surface area contributed by atoms with Crippen LogP contribution in [0.4, 0.5) is 0 Å². The third kappa shape index (κ3) is 36.0. The van der Waals surface area contributed by atoms with Gasteiger partial charge < -0.3 is 56.8 Å². The molecule has 2 aromatic rings. The van der Waals surface area contributed by atoms with Crippen LogP contribution in [0.2, 0.25) is 0 Å². The quantitative estimate of drug-likeness (QED) is 0.0264. The summed E-state index contributed by atoms with van der Waals surface area (Å²) >= 11 is 0. The summed E-state index contributed by atoms with van der Waals surface area (Å²) in [5.41, 5.74) is 2.31. The van der Waals surface area contributed by atoms with Gasteiger partial charge in [-0.15, -0.1) is 0 Å². The molecule has 0 spiro atoms. The molecule has 0 N–H and O–H groups in total. The fourth-order valence-corrected chi connectivity index (χ4v) is 8.85. The lowest BCUT2D eigenvalue weighted by atomic mass is 10.1. The van der Waals surface area contributed by atoms with E-state index in [-0.39, 0.29) is 24.5 Å². The average molecular weight is 1170 g/mol. The highest BCUT2D eigenvalue weighted by Gasteiger charge is 2.21. The van der Waals surface area contributed by atoms with E-state index in [1.807, 2.05) is 18.2 Å². The molecule has 0 radical (unpaired) electrons. The van der Waals surface area contributed by atoms with Crippen LogP contribution in [0.5, 0.6) is 28.7 Å². The van der Waals surface area contributed by atoms with Crippen LogP contribution in [0, 0.1) is 0 Å². The van der Waals surface area contributed by atoms with Gasteiger partial charge in [0.2, 0.25) is 5.75 Å². The standard InChI is InChI=1S/C67H104O16/c1-54(2)64(68)80-39-31-25-19-13-7-10-16-22-28-36-75-61-51-58(67(71)83-53-57-34-35-59-60(50-57)78-49-47-74-45-43-72-42-44-73-46-48-77-59)52-62(76-37-29-23-17-11-8-14-20-26-32-40-81-65(69)55(3)4)63(61)79-38-30-24-18-12-9-15-21-27-33-41-82-66(70)56(5)6/h34-35,50-52H,1,3,5,7-33,36-49,53H2,2,4,6H3. The van der Waals surface area contributed by atoms with Crippen LogP contribution in [-0.4, -0.2) is 116 Å². The van der Waals surface area contributed by atoms with E-state index >= 15 is 0 Å². The molecule has 3 rings (SSSR count). The van der Waals surface area contributed by atoms with Crippen molar-refractivity contribution in [3.05, 3.63) is 77.9 Å². The molecule has 0 atom stereocenters. The van der Waals surface area contributed by atoms with E-state index in [0.717, 1.165) is 179 Å². The Balaban J connectivity index is 1.67. The summed E-state index contributed by atoms with van der Waals surface area (Å²) in [4.78, 5) is 49.0. The normalized spacial score (nSPS) is 13.0. The Morgan fingerprint density at radius 3 is 1.05 bits per heavy atom. The smallest absolute Gasteiger partial charge is 0.338 e. The summed E-state index contributed by atoms with van der Waals surface area (Å²) in [6.45, 7) is 21.8. The van der Waals surface area contributed by atoms with Crippen molar-refractivity contribution in [1.82, 2.24) is 0 Å². The van der Waals surface area contributed by atoms with E-state index in [0.29, 0.717) is 144 Å². The summed E-state index contributed by atoms with van der Waals surface area (Å²) in [6.07, 6.45) is 28.1. The average Bonchev–Trinajstić information content (AvgIpc) is 3.61. The first-order chi connectivity index (χ1) is 40.5. The van der Waals surface area contributed by atoms with Crippen molar-refractivity contribution in [3.63, 3.8) is 0 Å². The van der Waals surface area contributed by atoms with Crippen LogP contribution >= 0.6 is 0 Å². The van der Waals surface area contributed by atoms with Crippen molar-refractivity contribution in [2.75, 3.05) is 92.5 Å². The van der Waals surface area contributed by atoms with Gasteiger partial charge in [0.25, 0.3) is 0 Å². The third-order valence-electron chi connectivity index (χ3n) is 13.7. The Kier molecular flexibility index (Phi) is 41.2. The van der Waals surface area contributed by atoms with Gasteiger partial charge in [-0.25, -0.2) is 19.2 Å². The fourth-order valence-electron chi connectivity index (χ4n) is 8.85. The molecule has 1 aliphatic rings. The Labute approximate surface area is 497 Å². The van der Waals surface area contributed by atoms with E-state index in [1.54, 1.807) is 32.9 Å². The maximum Gasteiger partial charge on any atom is 0.338 e. The van der Waals surface area contributed by atoms with Gasteiger partial charge in [0.05, 0.1) is 84.8 Å². The van der Waals surface area contributed by atoms with Crippen LogP contribution in [0.1, 0.15) is 210 Å². The number of unbranched alkanes of at least 4 members (excludes halogenated alkanes) is 24. The number of fused-ring (bicyclic) bond motifs is 1. The lowest BCUT2D eigenvalue weighted by Gasteiger charge is -2.19. The first kappa shape index (κ1) is 71.7. The second kappa shape index (κ2) is 47.7. The first-order valence-electron chi connectivity index (χ1n) is 31.3. The summed E-state index contributed by atoms with van der Waals surface area (Å²) in [5.74, 6) is 0.980. The van der Waals surface area contributed by atoms with Gasteiger partial charge in [-0.2, -0.15) is 0 Å². The zero-order valence-corrected chi connectivity index (χ0v) is 51.2. The maximum atomic E-state index is 14.1. The van der Waals surface area contributed by atoms with Crippen molar-refractivity contribution in [2.45, 2.75) is 201 Å². The maximum absolute atomic E-state index is 14.1. The van der Waals surface area contributed by atoms with Gasteiger partial charge in [-0.1, -0.05) is 161 Å². The Hall–Kier alpha value is -5.58. The van der Waals surface area contributed by atoms with Gasteiger partial charge in [0.1, 0.15) is 19.8 Å². The molecular weight excluding hydrogens is 1060 g/mol. The summed E-state index contributed by atoms with van der Waals surface area (Å²) < 4.78 is 70.2. The Bertz CT molecular complexity index is 2060.